The fraction of sp³-hybridized carbons (Fsp3) is 0. The van der Waals surface area contributed by atoms with Gasteiger partial charge in [-0.15, -0.1) is 11.3 Å². The SMILES string of the molecule is [2H]c1c([2H])c([2H])c(-n2c3ccccc3c3ccc4sc5ccccc5c4c32)c(-c2nc(-n3c4ccccc4c4cc(C#N)ccc43)nc(-n3c4ccccc4c4c([2H])c([2H])c([2H])c([2H])c43)n2)c1[2H]. The summed E-state index contributed by atoms with van der Waals surface area (Å²) in [6.07, 6.45) is 0. The van der Waals surface area contributed by atoms with Crippen molar-refractivity contribution in [2.45, 2.75) is 0 Å². The lowest BCUT2D eigenvalue weighted by molar-refractivity contribution is 0.892. The molecule has 5 aromatic heterocycles. The topological polar surface area (TPSA) is 77.2 Å². The monoisotopic (exact) mass is 791 g/mol. The van der Waals surface area contributed by atoms with E-state index in [2.05, 4.69) is 30.3 Å². The first kappa shape index (κ1) is 26.0. The predicted molar refractivity (Wildman–Crippen MR) is 246 cm³/mol. The molecule has 0 aliphatic heterocycles. The summed E-state index contributed by atoms with van der Waals surface area (Å²) in [7, 11) is 0. The molecule has 7 nitrogen and oxygen atoms in total. The second kappa shape index (κ2) is 12.4. The predicted octanol–water partition coefficient (Wildman–Crippen LogP) is 13.1. The average Bonchev–Trinajstić information content (AvgIpc) is 4.11. The molecule has 5 heterocycles. The van der Waals surface area contributed by atoms with Crippen LogP contribution in [-0.4, -0.2) is 28.7 Å². The largest absolute Gasteiger partial charge is 0.308 e. The summed E-state index contributed by atoms with van der Waals surface area (Å²) >= 11 is 1.64. The van der Waals surface area contributed by atoms with Crippen molar-refractivity contribution in [2.75, 3.05) is 0 Å². The van der Waals surface area contributed by atoms with Gasteiger partial charge in [0.2, 0.25) is 11.9 Å². The highest BCUT2D eigenvalue weighted by Crippen LogP contribution is 2.44. The normalized spacial score (nSPS) is 13.8. The third-order valence-electron chi connectivity index (χ3n) is 11.4. The van der Waals surface area contributed by atoms with Crippen molar-refractivity contribution in [3.05, 3.63) is 181 Å². The molecular weight excluding hydrogens is 755 g/mol. The van der Waals surface area contributed by atoms with Gasteiger partial charge in [0.1, 0.15) is 0 Å². The second-order valence-electron chi connectivity index (χ2n) is 14.5. The van der Waals surface area contributed by atoms with Crippen molar-refractivity contribution in [1.29, 1.82) is 5.26 Å². The van der Waals surface area contributed by atoms with Gasteiger partial charge in [-0.25, -0.2) is 0 Å². The van der Waals surface area contributed by atoms with Crippen LogP contribution >= 0.6 is 11.3 Å². The number of benzene rings is 8. The highest BCUT2D eigenvalue weighted by Gasteiger charge is 2.24. The summed E-state index contributed by atoms with van der Waals surface area (Å²) in [4.78, 5) is 15.5. The van der Waals surface area contributed by atoms with Crippen LogP contribution in [-0.2, 0) is 0 Å². The van der Waals surface area contributed by atoms with Gasteiger partial charge in [0.15, 0.2) is 5.82 Å². The van der Waals surface area contributed by atoms with Crippen LogP contribution in [0.15, 0.2) is 176 Å². The van der Waals surface area contributed by atoms with Gasteiger partial charge in [0, 0.05) is 58.1 Å². The summed E-state index contributed by atoms with van der Waals surface area (Å²) in [5.74, 6) is -0.126. The van der Waals surface area contributed by atoms with Crippen molar-refractivity contribution >= 4 is 96.9 Å². The Morgan fingerprint density at radius 3 is 1.85 bits per heavy atom. The summed E-state index contributed by atoms with van der Waals surface area (Å²) in [6, 6.07) is 39.2. The molecule has 0 radical (unpaired) electrons. The Kier molecular flexibility index (Phi) is 5.39. The van der Waals surface area contributed by atoms with Crippen molar-refractivity contribution in [3.63, 3.8) is 0 Å². The van der Waals surface area contributed by atoms with Gasteiger partial charge < -0.3 is 4.57 Å². The molecule has 0 fully saturated rings. The number of nitrogens with zero attached hydrogens (tertiary/aromatic N) is 7. The molecule has 0 aliphatic carbocycles. The molecule has 0 bridgehead atoms. The van der Waals surface area contributed by atoms with Crippen LogP contribution in [0.2, 0.25) is 0 Å². The van der Waals surface area contributed by atoms with Gasteiger partial charge >= 0.3 is 0 Å². The Hall–Kier alpha value is -8.12. The average molecular weight is 792 g/mol. The van der Waals surface area contributed by atoms with Gasteiger partial charge in [-0.1, -0.05) is 109 Å². The lowest BCUT2D eigenvalue weighted by Crippen LogP contribution is -2.11. The number of nitriles is 1. The summed E-state index contributed by atoms with van der Waals surface area (Å²) in [5, 5.41) is 16.0. The molecular formula is C52H29N7S. The zero-order valence-corrected chi connectivity index (χ0v) is 32.0. The number of thiophene rings is 1. The molecule has 0 aliphatic rings. The van der Waals surface area contributed by atoms with Crippen LogP contribution in [0, 0.1) is 11.3 Å². The zero-order valence-electron chi connectivity index (χ0n) is 39.2. The minimum Gasteiger partial charge on any atom is -0.308 e. The van der Waals surface area contributed by atoms with Gasteiger partial charge in [0.05, 0.1) is 61.4 Å². The van der Waals surface area contributed by atoms with E-state index in [9.17, 15) is 12.1 Å². The minimum absolute atomic E-state index is 0.0182. The molecule has 8 aromatic carbocycles. The molecule has 8 heteroatoms. The molecule has 278 valence electrons. The Bertz CT molecular complexity index is 4470. The lowest BCUT2D eigenvalue weighted by atomic mass is 10.1. The van der Waals surface area contributed by atoms with E-state index in [0.29, 0.717) is 33.0 Å². The number of aromatic nitrogens is 6. The molecule has 0 spiro atoms. The smallest absolute Gasteiger partial charge is 0.240 e. The van der Waals surface area contributed by atoms with E-state index in [4.69, 9.17) is 19.1 Å². The number of fused-ring (bicyclic) bond motifs is 13. The zero-order chi connectivity index (χ0) is 46.4. The van der Waals surface area contributed by atoms with Crippen LogP contribution < -0.4 is 0 Å². The lowest BCUT2D eigenvalue weighted by Gasteiger charge is -2.16. The van der Waals surface area contributed by atoms with E-state index in [-0.39, 0.29) is 58.0 Å². The van der Waals surface area contributed by atoms with E-state index in [1.165, 1.54) is 0 Å². The number of hydrogen-bond donors (Lipinski definition) is 0. The van der Waals surface area contributed by atoms with E-state index >= 15 is 0 Å². The number of hydrogen-bond acceptors (Lipinski definition) is 5. The summed E-state index contributed by atoms with van der Waals surface area (Å²) < 4.78 is 81.2. The molecule has 60 heavy (non-hydrogen) atoms. The van der Waals surface area contributed by atoms with E-state index in [0.717, 1.165) is 47.2 Å². The Morgan fingerprint density at radius 1 is 0.483 bits per heavy atom. The van der Waals surface area contributed by atoms with Gasteiger partial charge in [-0.3, -0.25) is 9.13 Å². The van der Waals surface area contributed by atoms with Crippen LogP contribution in [0.25, 0.3) is 115 Å². The van der Waals surface area contributed by atoms with Crippen LogP contribution in [0.5, 0.6) is 0 Å². The van der Waals surface area contributed by atoms with Gasteiger partial charge in [-0.05, 0) is 66.7 Å². The van der Waals surface area contributed by atoms with Crippen molar-refractivity contribution in [1.82, 2.24) is 28.7 Å². The fourth-order valence-corrected chi connectivity index (χ4v) is 10.0. The van der Waals surface area contributed by atoms with Gasteiger partial charge in [-0.2, -0.15) is 20.2 Å². The quantitative estimate of drug-likeness (QED) is 0.178. The maximum absolute atomic E-state index is 9.96. The molecule has 0 saturated heterocycles. The first-order valence-electron chi connectivity index (χ1n) is 23.2. The first-order chi connectivity index (χ1) is 33.0. The molecule has 0 N–H and O–H groups in total. The third kappa shape index (κ3) is 4.55. The molecule has 0 amide bonds. The molecule has 0 atom stereocenters. The van der Waals surface area contributed by atoms with Crippen molar-refractivity contribution < 1.29 is 11.0 Å². The Labute approximate surface area is 357 Å². The number of para-hydroxylation sites is 5. The minimum atomic E-state index is -0.504. The Morgan fingerprint density at radius 2 is 1.08 bits per heavy atom. The standard InChI is InChI=1S/C52H29N7S/c53-30-31-25-27-45-39(29-31)35-16-4-10-22-43(35)59(45)52-55-50(54-51(56-52)58-41-20-8-1-13-32(41)33-14-2-9-21-42(33)58)37-17-5-11-23-44(37)57-40-19-7-3-15-34(40)36-26-28-47-48(49(36)57)38-18-6-12-24-46(38)60-47/h1-29H/i1D,5D,8D,11D,13D,17D,20D,23D. The summed E-state index contributed by atoms with van der Waals surface area (Å²) in [5.41, 5.74) is 3.88. The maximum atomic E-state index is 9.96. The van der Waals surface area contributed by atoms with E-state index < -0.39 is 30.2 Å². The number of rotatable bonds is 4. The van der Waals surface area contributed by atoms with Crippen LogP contribution in [0.4, 0.5) is 0 Å². The molecule has 0 unspecified atom stereocenters. The molecule has 0 saturated carbocycles. The van der Waals surface area contributed by atoms with Crippen LogP contribution in [0.3, 0.4) is 0 Å². The van der Waals surface area contributed by atoms with Crippen LogP contribution in [0.1, 0.15) is 16.5 Å². The van der Waals surface area contributed by atoms with E-state index in [1.54, 1.807) is 52.3 Å². The highest BCUT2D eigenvalue weighted by atomic mass is 32.1. The second-order valence-corrected chi connectivity index (χ2v) is 15.6. The highest BCUT2D eigenvalue weighted by molar-refractivity contribution is 7.26. The van der Waals surface area contributed by atoms with Crippen molar-refractivity contribution in [2.24, 2.45) is 0 Å². The van der Waals surface area contributed by atoms with Gasteiger partial charge in [0.25, 0.3) is 0 Å². The maximum Gasteiger partial charge on any atom is 0.240 e. The fourth-order valence-electron chi connectivity index (χ4n) is 8.93. The molecule has 13 rings (SSSR count). The third-order valence-corrected chi connectivity index (χ3v) is 12.5. The summed E-state index contributed by atoms with van der Waals surface area (Å²) in [6.45, 7) is 0. The Balaban J connectivity index is 1.24. The van der Waals surface area contributed by atoms with Crippen molar-refractivity contribution in [3.8, 4) is 35.0 Å². The van der Waals surface area contributed by atoms with E-state index in [1.807, 2.05) is 75.9 Å². The first-order valence-corrected chi connectivity index (χ1v) is 20.0. The molecule has 13 aromatic rings.